The van der Waals surface area contributed by atoms with Crippen LogP contribution in [-0.4, -0.2) is 31.1 Å². The maximum atomic E-state index is 13.5. The van der Waals surface area contributed by atoms with Gasteiger partial charge >= 0.3 is 0 Å². The van der Waals surface area contributed by atoms with E-state index in [-0.39, 0.29) is 5.82 Å². The molecule has 0 unspecified atom stereocenters. The molecule has 3 heteroatoms. The highest BCUT2D eigenvalue weighted by Crippen LogP contribution is 2.29. The van der Waals surface area contributed by atoms with Gasteiger partial charge in [-0.1, -0.05) is 48.5 Å². The van der Waals surface area contributed by atoms with E-state index in [1.165, 1.54) is 17.4 Å². The minimum atomic E-state index is -0.119. The molecule has 150 valence electrons. The molecule has 0 radical (unpaired) electrons. The normalized spacial score (nSPS) is 15.3. The fourth-order valence-corrected chi connectivity index (χ4v) is 4.33. The number of benzene rings is 3. The van der Waals surface area contributed by atoms with Crippen LogP contribution in [0.3, 0.4) is 0 Å². The summed E-state index contributed by atoms with van der Waals surface area (Å²) in [6.45, 7) is 4.29. The van der Waals surface area contributed by atoms with Gasteiger partial charge in [-0.25, -0.2) is 4.39 Å². The zero-order valence-corrected chi connectivity index (χ0v) is 16.9. The van der Waals surface area contributed by atoms with Crippen LogP contribution in [0.4, 0.5) is 15.8 Å². The first-order valence-corrected chi connectivity index (χ1v) is 10.6. The Morgan fingerprint density at radius 2 is 1.41 bits per heavy atom. The quantitative estimate of drug-likeness (QED) is 0.473. The molecule has 0 amide bonds. The van der Waals surface area contributed by atoms with Gasteiger partial charge in [0.1, 0.15) is 5.82 Å². The molecule has 0 N–H and O–H groups in total. The summed E-state index contributed by atoms with van der Waals surface area (Å²) in [5.41, 5.74) is 3.64. The number of nitrogens with zero attached hydrogens (tertiary/aromatic N) is 2. The van der Waals surface area contributed by atoms with Crippen molar-refractivity contribution in [2.75, 3.05) is 31.1 Å². The molecule has 1 aliphatic rings. The van der Waals surface area contributed by atoms with Gasteiger partial charge in [0.25, 0.3) is 0 Å². The SMILES string of the molecule is Fc1cccc(C2CCN(CCCN(c3ccccc3)c3ccccc3)CC2)c1. The van der Waals surface area contributed by atoms with E-state index >= 15 is 0 Å². The smallest absolute Gasteiger partial charge is 0.123 e. The van der Waals surface area contributed by atoms with Crippen molar-refractivity contribution in [3.05, 3.63) is 96.3 Å². The van der Waals surface area contributed by atoms with Crippen molar-refractivity contribution in [3.63, 3.8) is 0 Å². The molecule has 0 bridgehead atoms. The summed E-state index contributed by atoms with van der Waals surface area (Å²) < 4.78 is 13.5. The first-order chi connectivity index (χ1) is 14.3. The van der Waals surface area contributed by atoms with E-state index in [1.807, 2.05) is 6.07 Å². The number of hydrogen-bond donors (Lipinski definition) is 0. The maximum absolute atomic E-state index is 13.5. The van der Waals surface area contributed by atoms with Gasteiger partial charge < -0.3 is 9.80 Å². The Bertz CT molecular complexity index is 834. The summed E-state index contributed by atoms with van der Waals surface area (Å²) in [7, 11) is 0. The largest absolute Gasteiger partial charge is 0.341 e. The van der Waals surface area contributed by atoms with Crippen LogP contribution in [0.2, 0.25) is 0 Å². The molecule has 0 atom stereocenters. The van der Waals surface area contributed by atoms with Gasteiger partial charge in [-0.3, -0.25) is 0 Å². The van der Waals surface area contributed by atoms with Crippen LogP contribution in [0.1, 0.15) is 30.7 Å². The van der Waals surface area contributed by atoms with Crippen LogP contribution in [0, 0.1) is 5.82 Å². The van der Waals surface area contributed by atoms with E-state index in [0.717, 1.165) is 51.0 Å². The van der Waals surface area contributed by atoms with Crippen LogP contribution in [0.25, 0.3) is 0 Å². The average Bonchev–Trinajstić information content (AvgIpc) is 2.78. The standard InChI is InChI=1S/C26H29FN2/c27-24-10-7-9-23(21-24)22-15-19-28(20-16-22)17-8-18-29(25-11-3-1-4-12-25)26-13-5-2-6-14-26/h1-7,9-14,21-22H,8,15-20H2. The monoisotopic (exact) mass is 388 g/mol. The highest BCUT2D eigenvalue weighted by atomic mass is 19.1. The van der Waals surface area contributed by atoms with Crippen molar-refractivity contribution in [1.82, 2.24) is 4.90 Å². The zero-order chi connectivity index (χ0) is 19.9. The average molecular weight is 389 g/mol. The lowest BCUT2D eigenvalue weighted by atomic mass is 9.89. The number of piperidine rings is 1. The lowest BCUT2D eigenvalue weighted by Gasteiger charge is -2.33. The predicted octanol–water partition coefficient (Wildman–Crippen LogP) is 6.23. The third-order valence-electron chi connectivity index (χ3n) is 5.90. The van der Waals surface area contributed by atoms with Crippen LogP contribution in [0.5, 0.6) is 0 Å². The minimum Gasteiger partial charge on any atom is -0.341 e. The lowest BCUT2D eigenvalue weighted by molar-refractivity contribution is 0.211. The molecule has 1 aliphatic heterocycles. The third-order valence-corrected chi connectivity index (χ3v) is 5.90. The topological polar surface area (TPSA) is 6.48 Å². The van der Waals surface area contributed by atoms with E-state index in [1.54, 1.807) is 6.07 Å². The number of hydrogen-bond acceptors (Lipinski definition) is 2. The molecule has 0 aliphatic carbocycles. The molecule has 1 fully saturated rings. The van der Waals surface area contributed by atoms with E-state index in [9.17, 15) is 4.39 Å². The van der Waals surface area contributed by atoms with Crippen LogP contribution >= 0.6 is 0 Å². The highest BCUT2D eigenvalue weighted by Gasteiger charge is 2.21. The van der Waals surface area contributed by atoms with Crippen LogP contribution in [-0.2, 0) is 0 Å². The summed E-state index contributed by atoms with van der Waals surface area (Å²) in [5.74, 6) is 0.374. The summed E-state index contributed by atoms with van der Waals surface area (Å²) >= 11 is 0. The molecule has 29 heavy (non-hydrogen) atoms. The highest BCUT2D eigenvalue weighted by molar-refractivity contribution is 5.62. The van der Waals surface area contributed by atoms with Crippen LogP contribution < -0.4 is 4.90 Å². The minimum absolute atomic E-state index is 0.119. The van der Waals surface area contributed by atoms with E-state index in [0.29, 0.717) is 5.92 Å². The maximum Gasteiger partial charge on any atom is 0.123 e. The molecule has 0 aromatic heterocycles. The molecule has 3 aromatic rings. The molecule has 4 rings (SSSR count). The number of halogens is 1. The fraction of sp³-hybridized carbons (Fsp3) is 0.308. The van der Waals surface area contributed by atoms with Crippen molar-refractivity contribution in [2.24, 2.45) is 0 Å². The summed E-state index contributed by atoms with van der Waals surface area (Å²) in [5, 5.41) is 0. The second-order valence-electron chi connectivity index (χ2n) is 7.85. The lowest BCUT2D eigenvalue weighted by Crippen LogP contribution is -2.35. The number of para-hydroxylation sites is 2. The molecule has 1 heterocycles. The number of rotatable bonds is 7. The summed E-state index contributed by atoms with van der Waals surface area (Å²) in [6.07, 6.45) is 3.35. The molecule has 3 aromatic carbocycles. The second-order valence-corrected chi connectivity index (χ2v) is 7.85. The Hall–Kier alpha value is -2.65. The Labute approximate surface area is 173 Å². The van der Waals surface area contributed by atoms with Gasteiger partial charge in [0, 0.05) is 17.9 Å². The van der Waals surface area contributed by atoms with Crippen molar-refractivity contribution >= 4 is 11.4 Å². The van der Waals surface area contributed by atoms with Crippen molar-refractivity contribution in [1.29, 1.82) is 0 Å². The Morgan fingerprint density at radius 1 is 0.793 bits per heavy atom. The molecule has 0 spiro atoms. The molecule has 2 nitrogen and oxygen atoms in total. The summed E-state index contributed by atoms with van der Waals surface area (Å²) in [4.78, 5) is 4.96. The zero-order valence-electron chi connectivity index (χ0n) is 16.9. The first-order valence-electron chi connectivity index (χ1n) is 10.6. The first kappa shape index (κ1) is 19.7. The van der Waals surface area contributed by atoms with Crippen molar-refractivity contribution in [2.45, 2.75) is 25.2 Å². The number of anilines is 2. The van der Waals surface area contributed by atoms with E-state index < -0.39 is 0 Å². The van der Waals surface area contributed by atoms with Crippen LogP contribution in [0.15, 0.2) is 84.9 Å². The summed E-state index contributed by atoms with van der Waals surface area (Å²) in [6, 6.07) is 28.4. The molecule has 0 saturated carbocycles. The second kappa shape index (κ2) is 9.71. The fourth-order valence-electron chi connectivity index (χ4n) is 4.33. The van der Waals surface area contributed by atoms with E-state index in [4.69, 9.17) is 0 Å². The van der Waals surface area contributed by atoms with Crippen molar-refractivity contribution < 1.29 is 4.39 Å². The van der Waals surface area contributed by atoms with Gasteiger partial charge in [-0.2, -0.15) is 0 Å². The third kappa shape index (κ3) is 5.24. The Morgan fingerprint density at radius 3 is 2.00 bits per heavy atom. The van der Waals surface area contributed by atoms with Gasteiger partial charge in [-0.15, -0.1) is 0 Å². The van der Waals surface area contributed by atoms with E-state index in [2.05, 4.69) is 76.5 Å². The number of likely N-dealkylation sites (tertiary alicyclic amines) is 1. The van der Waals surface area contributed by atoms with Gasteiger partial charge in [0.2, 0.25) is 0 Å². The Balaban J connectivity index is 1.31. The predicted molar refractivity (Wildman–Crippen MR) is 119 cm³/mol. The van der Waals surface area contributed by atoms with Gasteiger partial charge in [0.05, 0.1) is 0 Å². The molecular formula is C26H29FN2. The molecule has 1 saturated heterocycles. The van der Waals surface area contributed by atoms with Gasteiger partial charge in [0.15, 0.2) is 0 Å². The van der Waals surface area contributed by atoms with Crippen molar-refractivity contribution in [3.8, 4) is 0 Å². The molecular weight excluding hydrogens is 359 g/mol. The Kier molecular flexibility index (Phi) is 6.58. The van der Waals surface area contributed by atoms with Gasteiger partial charge in [-0.05, 0) is 86.8 Å².